The van der Waals surface area contributed by atoms with E-state index in [4.69, 9.17) is 19.3 Å². The molecule has 86 valence electrons. The van der Waals surface area contributed by atoms with Gasteiger partial charge in [-0.2, -0.15) is 0 Å². The first-order valence-corrected chi connectivity index (χ1v) is 5.09. The number of aryl methyl sites for hydroxylation is 1. The summed E-state index contributed by atoms with van der Waals surface area (Å²) in [5.41, 5.74) is 7.07. The molecule has 0 bridgehead atoms. The zero-order valence-electron chi connectivity index (χ0n) is 9.40. The van der Waals surface area contributed by atoms with Crippen molar-refractivity contribution in [2.45, 2.75) is 19.6 Å². The molecule has 0 radical (unpaired) electrons. The molecule has 2 aromatic rings. The standard InChI is InChI=1S/C12H15NO3/c1-8-5-6-15-12(8)11(13)10-4-3-9(16-10)7-14-2/h3-6,11H,7,13H2,1-2H3. The van der Waals surface area contributed by atoms with E-state index in [2.05, 4.69) is 0 Å². The monoisotopic (exact) mass is 221 g/mol. The number of methoxy groups -OCH3 is 1. The van der Waals surface area contributed by atoms with E-state index in [-0.39, 0.29) is 6.04 Å². The summed E-state index contributed by atoms with van der Waals surface area (Å²) >= 11 is 0. The zero-order valence-corrected chi connectivity index (χ0v) is 9.40. The Balaban J connectivity index is 2.20. The molecule has 1 unspecified atom stereocenters. The van der Waals surface area contributed by atoms with Crippen molar-refractivity contribution < 1.29 is 13.6 Å². The molecule has 0 aliphatic carbocycles. The van der Waals surface area contributed by atoms with Crippen molar-refractivity contribution in [1.82, 2.24) is 0 Å². The Morgan fingerprint density at radius 3 is 2.81 bits per heavy atom. The summed E-state index contributed by atoms with van der Waals surface area (Å²) in [6.45, 7) is 2.40. The first-order valence-electron chi connectivity index (χ1n) is 5.09. The quantitative estimate of drug-likeness (QED) is 0.861. The van der Waals surface area contributed by atoms with Gasteiger partial charge >= 0.3 is 0 Å². The molecule has 2 rings (SSSR count). The van der Waals surface area contributed by atoms with Gasteiger partial charge in [-0.15, -0.1) is 0 Å². The Morgan fingerprint density at radius 2 is 2.19 bits per heavy atom. The van der Waals surface area contributed by atoms with Crippen LogP contribution in [0.15, 0.2) is 33.3 Å². The molecular weight excluding hydrogens is 206 g/mol. The Bertz CT molecular complexity index is 458. The Kier molecular flexibility index (Phi) is 3.12. The van der Waals surface area contributed by atoms with Gasteiger partial charge in [0.1, 0.15) is 29.9 Å². The second-order valence-electron chi connectivity index (χ2n) is 3.68. The minimum absolute atomic E-state index is 0.361. The number of furan rings is 2. The predicted molar refractivity (Wildman–Crippen MR) is 58.9 cm³/mol. The summed E-state index contributed by atoms with van der Waals surface area (Å²) < 4.78 is 15.9. The fourth-order valence-electron chi connectivity index (χ4n) is 1.61. The van der Waals surface area contributed by atoms with Crippen molar-refractivity contribution in [3.8, 4) is 0 Å². The SMILES string of the molecule is COCc1ccc(C(N)c2occc2C)o1. The minimum atomic E-state index is -0.361. The predicted octanol–water partition coefficient (Wildman–Crippen LogP) is 2.38. The van der Waals surface area contributed by atoms with Crippen LogP contribution in [-0.4, -0.2) is 7.11 Å². The van der Waals surface area contributed by atoms with E-state index in [0.29, 0.717) is 12.4 Å². The van der Waals surface area contributed by atoms with Crippen molar-refractivity contribution in [3.63, 3.8) is 0 Å². The Morgan fingerprint density at radius 1 is 1.38 bits per heavy atom. The normalized spacial score (nSPS) is 12.9. The van der Waals surface area contributed by atoms with Crippen LogP contribution >= 0.6 is 0 Å². The minimum Gasteiger partial charge on any atom is -0.467 e. The zero-order chi connectivity index (χ0) is 11.5. The van der Waals surface area contributed by atoms with Crippen LogP contribution in [-0.2, 0) is 11.3 Å². The number of hydrogen-bond donors (Lipinski definition) is 1. The molecule has 1 atom stereocenters. The molecule has 0 spiro atoms. The molecule has 0 amide bonds. The third-order valence-electron chi connectivity index (χ3n) is 2.46. The smallest absolute Gasteiger partial charge is 0.131 e. The first-order chi connectivity index (χ1) is 7.72. The summed E-state index contributed by atoms with van der Waals surface area (Å²) in [6.07, 6.45) is 1.63. The first kappa shape index (κ1) is 11.0. The molecule has 0 aromatic carbocycles. The van der Waals surface area contributed by atoms with Crippen molar-refractivity contribution in [1.29, 1.82) is 0 Å². The van der Waals surface area contributed by atoms with E-state index >= 15 is 0 Å². The molecular formula is C12H15NO3. The number of nitrogens with two attached hydrogens (primary N) is 1. The van der Waals surface area contributed by atoms with Crippen molar-refractivity contribution in [2.75, 3.05) is 7.11 Å². The molecule has 4 heteroatoms. The molecule has 2 aromatic heterocycles. The maximum atomic E-state index is 6.04. The highest BCUT2D eigenvalue weighted by molar-refractivity contribution is 5.25. The van der Waals surface area contributed by atoms with Gasteiger partial charge in [0.2, 0.25) is 0 Å². The van der Waals surface area contributed by atoms with Crippen LogP contribution in [0, 0.1) is 6.92 Å². The van der Waals surface area contributed by atoms with Gasteiger partial charge in [-0.05, 0) is 30.7 Å². The lowest BCUT2D eigenvalue weighted by atomic mass is 10.1. The third-order valence-corrected chi connectivity index (χ3v) is 2.46. The molecule has 0 fully saturated rings. The van der Waals surface area contributed by atoms with Crippen LogP contribution in [0.25, 0.3) is 0 Å². The van der Waals surface area contributed by atoms with Crippen molar-refractivity contribution >= 4 is 0 Å². The van der Waals surface area contributed by atoms with Crippen molar-refractivity contribution in [2.24, 2.45) is 5.73 Å². The molecule has 0 aliphatic heterocycles. The molecule has 0 saturated heterocycles. The van der Waals surface area contributed by atoms with Crippen LogP contribution in [0.5, 0.6) is 0 Å². The van der Waals surface area contributed by atoms with Crippen LogP contribution in [0.4, 0.5) is 0 Å². The third kappa shape index (κ3) is 2.03. The Hall–Kier alpha value is -1.52. The maximum absolute atomic E-state index is 6.04. The van der Waals surface area contributed by atoms with E-state index in [1.807, 2.05) is 25.1 Å². The van der Waals surface area contributed by atoms with Gasteiger partial charge in [0.25, 0.3) is 0 Å². The van der Waals surface area contributed by atoms with Gasteiger partial charge < -0.3 is 19.3 Å². The van der Waals surface area contributed by atoms with Crippen LogP contribution in [0.2, 0.25) is 0 Å². The van der Waals surface area contributed by atoms with Crippen LogP contribution in [0.3, 0.4) is 0 Å². The second kappa shape index (κ2) is 4.55. The average Bonchev–Trinajstić information content (AvgIpc) is 2.87. The van der Waals surface area contributed by atoms with Gasteiger partial charge in [-0.3, -0.25) is 0 Å². The average molecular weight is 221 g/mol. The highest BCUT2D eigenvalue weighted by atomic mass is 16.5. The highest BCUT2D eigenvalue weighted by Crippen LogP contribution is 2.25. The number of rotatable bonds is 4. The number of ether oxygens (including phenoxy) is 1. The summed E-state index contributed by atoms with van der Waals surface area (Å²) in [5, 5.41) is 0. The van der Waals surface area contributed by atoms with Gasteiger partial charge in [0.05, 0.1) is 6.26 Å². The lowest BCUT2D eigenvalue weighted by molar-refractivity contribution is 0.162. The van der Waals surface area contributed by atoms with Gasteiger partial charge in [-0.25, -0.2) is 0 Å². The fourth-order valence-corrected chi connectivity index (χ4v) is 1.61. The van der Waals surface area contributed by atoms with E-state index < -0.39 is 0 Å². The topological polar surface area (TPSA) is 61.5 Å². The largest absolute Gasteiger partial charge is 0.467 e. The second-order valence-corrected chi connectivity index (χ2v) is 3.68. The van der Waals surface area contributed by atoms with E-state index in [1.165, 1.54) is 0 Å². The van der Waals surface area contributed by atoms with E-state index in [0.717, 1.165) is 17.1 Å². The van der Waals surface area contributed by atoms with E-state index in [9.17, 15) is 0 Å². The molecule has 0 aliphatic rings. The lowest BCUT2D eigenvalue weighted by Gasteiger charge is -2.06. The van der Waals surface area contributed by atoms with Gasteiger partial charge in [0.15, 0.2) is 0 Å². The van der Waals surface area contributed by atoms with Gasteiger partial charge in [0, 0.05) is 7.11 Å². The molecule has 4 nitrogen and oxygen atoms in total. The summed E-state index contributed by atoms with van der Waals surface area (Å²) in [5.74, 6) is 2.18. The highest BCUT2D eigenvalue weighted by Gasteiger charge is 2.18. The molecule has 2 heterocycles. The van der Waals surface area contributed by atoms with Gasteiger partial charge in [-0.1, -0.05) is 0 Å². The summed E-state index contributed by atoms with van der Waals surface area (Å²) in [6, 6.07) is 5.23. The maximum Gasteiger partial charge on any atom is 0.131 e. The van der Waals surface area contributed by atoms with E-state index in [1.54, 1.807) is 13.4 Å². The Labute approximate surface area is 94.0 Å². The summed E-state index contributed by atoms with van der Waals surface area (Å²) in [4.78, 5) is 0. The van der Waals surface area contributed by atoms with Crippen molar-refractivity contribution in [3.05, 3.63) is 47.3 Å². The van der Waals surface area contributed by atoms with Crippen LogP contribution in [0.1, 0.15) is 28.9 Å². The fraction of sp³-hybridized carbons (Fsp3) is 0.333. The summed E-state index contributed by atoms with van der Waals surface area (Å²) in [7, 11) is 1.62. The number of hydrogen-bond acceptors (Lipinski definition) is 4. The molecule has 2 N–H and O–H groups in total. The molecule has 16 heavy (non-hydrogen) atoms. The van der Waals surface area contributed by atoms with Crippen LogP contribution < -0.4 is 5.73 Å². The lowest BCUT2D eigenvalue weighted by Crippen LogP contribution is -2.11. The molecule has 0 saturated carbocycles.